The minimum absolute atomic E-state index is 0.252. The van der Waals surface area contributed by atoms with Crippen molar-refractivity contribution < 1.29 is 4.39 Å². The predicted octanol–water partition coefficient (Wildman–Crippen LogP) is 3.74. The summed E-state index contributed by atoms with van der Waals surface area (Å²) in [5.41, 5.74) is 2.21. The predicted molar refractivity (Wildman–Crippen MR) is 98.0 cm³/mol. The van der Waals surface area contributed by atoms with Crippen LogP contribution in [-0.2, 0) is 6.42 Å². The Morgan fingerprint density at radius 2 is 1.96 bits per heavy atom. The third-order valence-electron chi connectivity index (χ3n) is 5.87. The number of fused-ring (bicyclic) bond motifs is 3. The molecule has 3 aliphatic heterocycles. The molecule has 0 aliphatic carbocycles. The van der Waals surface area contributed by atoms with E-state index in [9.17, 15) is 4.39 Å². The molecule has 3 aliphatic rings. The van der Waals surface area contributed by atoms with Gasteiger partial charge in [0.1, 0.15) is 11.6 Å². The first kappa shape index (κ1) is 16.5. The van der Waals surface area contributed by atoms with E-state index in [2.05, 4.69) is 34.3 Å². The Bertz CT molecular complexity index is 736. The molecule has 0 unspecified atom stereocenters. The molecule has 2 atom stereocenters. The van der Waals surface area contributed by atoms with Gasteiger partial charge in [0.05, 0.1) is 5.69 Å². The third-order valence-corrected chi connectivity index (χ3v) is 5.87. The van der Waals surface area contributed by atoms with Crippen molar-refractivity contribution in [2.24, 2.45) is 5.92 Å². The van der Waals surface area contributed by atoms with Crippen molar-refractivity contribution >= 4 is 5.82 Å². The van der Waals surface area contributed by atoms with E-state index in [1.54, 1.807) is 0 Å². The minimum atomic E-state index is -0.252. The molecular weight excluding hydrogens is 315 g/mol. The third kappa shape index (κ3) is 3.13. The second kappa shape index (κ2) is 6.71. The van der Waals surface area contributed by atoms with Crippen LogP contribution in [0.4, 0.5) is 10.2 Å². The first-order chi connectivity index (χ1) is 12.2. The second-order valence-electron chi connectivity index (χ2n) is 7.26. The fourth-order valence-electron chi connectivity index (χ4n) is 4.26. The van der Waals surface area contributed by atoms with Gasteiger partial charge < -0.3 is 5.32 Å². The van der Waals surface area contributed by atoms with Gasteiger partial charge in [0.2, 0.25) is 0 Å². The monoisotopic (exact) mass is 340 g/mol. The smallest absolute Gasteiger partial charge is 0.148 e. The number of piperidine rings is 3. The quantitative estimate of drug-likeness (QED) is 0.920. The molecule has 2 aromatic rings. The highest BCUT2D eigenvalue weighted by molar-refractivity contribution is 5.61. The van der Waals surface area contributed by atoms with Crippen molar-refractivity contribution in [3.05, 3.63) is 41.7 Å². The zero-order valence-electron chi connectivity index (χ0n) is 14.9. The van der Waals surface area contributed by atoms with E-state index in [4.69, 9.17) is 0 Å². The van der Waals surface area contributed by atoms with Crippen LogP contribution in [-0.4, -0.2) is 40.3 Å². The Morgan fingerprint density at radius 1 is 1.16 bits per heavy atom. The maximum atomic E-state index is 14.1. The van der Waals surface area contributed by atoms with Crippen molar-refractivity contribution in [1.29, 1.82) is 0 Å². The van der Waals surface area contributed by atoms with E-state index >= 15 is 0 Å². The lowest BCUT2D eigenvalue weighted by molar-refractivity contribution is 0.0457. The van der Waals surface area contributed by atoms with Crippen LogP contribution in [0.3, 0.4) is 0 Å². The first-order valence-corrected chi connectivity index (χ1v) is 9.29. The summed E-state index contributed by atoms with van der Waals surface area (Å²) in [4.78, 5) is 2.55. The Hall–Kier alpha value is -2.01. The van der Waals surface area contributed by atoms with Crippen LogP contribution in [0.5, 0.6) is 0 Å². The Kier molecular flexibility index (Phi) is 4.42. The summed E-state index contributed by atoms with van der Waals surface area (Å²) < 4.78 is 14.1. The van der Waals surface area contributed by atoms with Crippen molar-refractivity contribution in [3.63, 3.8) is 0 Å². The van der Waals surface area contributed by atoms with Gasteiger partial charge in [-0.05, 0) is 75.0 Å². The number of nitrogens with one attached hydrogen (secondary N) is 1. The molecule has 132 valence electrons. The number of hydrogen-bond acceptors (Lipinski definition) is 4. The number of aromatic nitrogens is 2. The van der Waals surface area contributed by atoms with Crippen LogP contribution in [0, 0.1) is 11.7 Å². The largest absolute Gasteiger partial charge is 0.364 e. The van der Waals surface area contributed by atoms with E-state index in [1.165, 1.54) is 32.0 Å². The van der Waals surface area contributed by atoms with Crippen LogP contribution in [0.1, 0.15) is 32.3 Å². The highest BCUT2D eigenvalue weighted by Crippen LogP contribution is 2.34. The lowest BCUT2D eigenvalue weighted by Gasteiger charge is -2.50. The summed E-state index contributed by atoms with van der Waals surface area (Å²) in [6.07, 6.45) is 3.38. The van der Waals surface area contributed by atoms with E-state index < -0.39 is 0 Å². The summed E-state index contributed by atoms with van der Waals surface area (Å²) in [6.45, 7) is 6.77. The SMILES string of the molecule is CCc1ccc(F)c(-c2ccc(N[C@H]3C4CCN(CC4)[C@@H]3C)nn2)c1. The fourth-order valence-corrected chi connectivity index (χ4v) is 4.26. The first-order valence-electron chi connectivity index (χ1n) is 9.29. The van der Waals surface area contributed by atoms with Crippen LogP contribution in [0.25, 0.3) is 11.3 Å². The van der Waals surface area contributed by atoms with Crippen LogP contribution < -0.4 is 5.32 Å². The lowest BCUT2D eigenvalue weighted by Crippen LogP contribution is -2.59. The standard InChI is InChI=1S/C20H25FN4/c1-3-14-4-5-17(21)16(12-14)18-6-7-19(24-23-18)22-20-13(2)25-10-8-15(20)9-11-25/h4-7,12-13,15,20H,3,8-11H2,1-2H3,(H,22,24)/t13-,20-/m1/s1. The molecule has 1 N–H and O–H groups in total. The molecule has 4 nitrogen and oxygen atoms in total. The highest BCUT2D eigenvalue weighted by Gasteiger charge is 2.39. The molecular formula is C20H25FN4. The van der Waals surface area contributed by atoms with Gasteiger partial charge in [-0.2, -0.15) is 0 Å². The molecule has 1 aromatic heterocycles. The Labute approximate surface area is 148 Å². The maximum Gasteiger partial charge on any atom is 0.148 e. The maximum absolute atomic E-state index is 14.1. The van der Waals surface area contributed by atoms with Gasteiger partial charge in [-0.1, -0.05) is 13.0 Å². The summed E-state index contributed by atoms with van der Waals surface area (Å²) in [5, 5.41) is 12.2. The molecule has 5 heteroatoms. The molecule has 5 rings (SSSR count). The van der Waals surface area contributed by atoms with Crippen LogP contribution >= 0.6 is 0 Å². The van der Waals surface area contributed by atoms with Crippen molar-refractivity contribution in [2.75, 3.05) is 18.4 Å². The lowest BCUT2D eigenvalue weighted by atomic mass is 9.79. The summed E-state index contributed by atoms with van der Waals surface area (Å²) in [5.74, 6) is 1.24. The van der Waals surface area contributed by atoms with Gasteiger partial charge in [-0.25, -0.2) is 4.39 Å². The van der Waals surface area contributed by atoms with Crippen molar-refractivity contribution in [1.82, 2.24) is 15.1 Å². The van der Waals surface area contributed by atoms with E-state index in [1.807, 2.05) is 24.3 Å². The van der Waals surface area contributed by atoms with Crippen LogP contribution in [0.2, 0.25) is 0 Å². The summed E-state index contributed by atoms with van der Waals surface area (Å²) >= 11 is 0. The van der Waals surface area contributed by atoms with E-state index in [0.29, 0.717) is 29.3 Å². The minimum Gasteiger partial charge on any atom is -0.364 e. The van der Waals surface area contributed by atoms with Crippen LogP contribution in [0.15, 0.2) is 30.3 Å². The Balaban J connectivity index is 1.53. The molecule has 1 aromatic carbocycles. The van der Waals surface area contributed by atoms with Gasteiger partial charge in [-0.15, -0.1) is 10.2 Å². The summed E-state index contributed by atoms with van der Waals surface area (Å²) in [6, 6.07) is 9.91. The van der Waals surface area contributed by atoms with E-state index in [-0.39, 0.29) is 5.82 Å². The average molecular weight is 340 g/mol. The molecule has 4 heterocycles. The van der Waals surface area contributed by atoms with Gasteiger partial charge >= 0.3 is 0 Å². The molecule has 0 amide bonds. The zero-order chi connectivity index (χ0) is 17.4. The molecule has 0 radical (unpaired) electrons. The fraction of sp³-hybridized carbons (Fsp3) is 0.500. The van der Waals surface area contributed by atoms with Gasteiger partial charge in [0.25, 0.3) is 0 Å². The van der Waals surface area contributed by atoms with Crippen molar-refractivity contribution in [2.45, 2.75) is 45.2 Å². The van der Waals surface area contributed by atoms with Gasteiger partial charge in [-0.3, -0.25) is 4.90 Å². The number of anilines is 1. The topological polar surface area (TPSA) is 41.0 Å². The molecule has 3 fully saturated rings. The van der Waals surface area contributed by atoms with Gasteiger partial charge in [0.15, 0.2) is 0 Å². The van der Waals surface area contributed by atoms with Gasteiger partial charge in [0, 0.05) is 17.6 Å². The number of halogens is 1. The van der Waals surface area contributed by atoms with E-state index in [0.717, 1.165) is 17.8 Å². The number of nitrogens with zero attached hydrogens (tertiary/aromatic N) is 3. The highest BCUT2D eigenvalue weighted by atomic mass is 19.1. The number of benzene rings is 1. The molecule has 2 bridgehead atoms. The molecule has 3 saturated heterocycles. The normalized spacial score (nSPS) is 28.1. The molecule has 0 spiro atoms. The summed E-state index contributed by atoms with van der Waals surface area (Å²) in [7, 11) is 0. The molecule has 0 saturated carbocycles. The zero-order valence-corrected chi connectivity index (χ0v) is 14.9. The average Bonchev–Trinajstić information content (AvgIpc) is 2.66. The number of rotatable bonds is 4. The number of hydrogen-bond donors (Lipinski definition) is 1. The number of aryl methyl sites for hydroxylation is 1. The Morgan fingerprint density at radius 3 is 2.60 bits per heavy atom. The second-order valence-corrected chi connectivity index (χ2v) is 7.26. The van der Waals surface area contributed by atoms with Crippen molar-refractivity contribution in [3.8, 4) is 11.3 Å². The molecule has 25 heavy (non-hydrogen) atoms.